The van der Waals surface area contributed by atoms with Gasteiger partial charge in [0.25, 0.3) is 0 Å². The van der Waals surface area contributed by atoms with Crippen molar-refractivity contribution < 1.29 is 0 Å². The van der Waals surface area contributed by atoms with Gasteiger partial charge in [-0.15, -0.1) is 10.2 Å². The van der Waals surface area contributed by atoms with Gasteiger partial charge in [0.2, 0.25) is 0 Å². The molecule has 0 amide bonds. The SMILES string of the molecule is CCCCCCCNCc1nn[nH]n1. The first-order chi connectivity index (χ1) is 6.93. The quantitative estimate of drug-likeness (QED) is 0.616. The standard InChI is InChI=1S/C9H19N5/c1-2-3-4-5-6-7-10-8-9-11-13-14-12-9/h10H,2-8H2,1H3,(H,11,12,13,14). The molecule has 80 valence electrons. The van der Waals surface area contributed by atoms with Gasteiger partial charge in [-0.25, -0.2) is 0 Å². The molecular formula is C9H19N5. The van der Waals surface area contributed by atoms with E-state index < -0.39 is 0 Å². The lowest BCUT2D eigenvalue weighted by Gasteiger charge is -2.01. The molecule has 1 rings (SSSR count). The fourth-order valence-electron chi connectivity index (χ4n) is 1.31. The monoisotopic (exact) mass is 197 g/mol. The number of rotatable bonds is 8. The zero-order chi connectivity index (χ0) is 10.1. The Bertz CT molecular complexity index is 209. The van der Waals surface area contributed by atoms with Gasteiger partial charge < -0.3 is 5.32 Å². The minimum atomic E-state index is 0.713. The van der Waals surface area contributed by atoms with Gasteiger partial charge in [-0.05, 0) is 13.0 Å². The molecule has 1 aromatic rings. The Kier molecular flexibility index (Phi) is 5.90. The first kappa shape index (κ1) is 11.1. The molecule has 14 heavy (non-hydrogen) atoms. The van der Waals surface area contributed by atoms with Crippen molar-refractivity contribution in [2.75, 3.05) is 6.54 Å². The highest BCUT2D eigenvalue weighted by molar-refractivity contribution is 4.73. The number of H-pyrrole nitrogens is 1. The summed E-state index contributed by atoms with van der Waals surface area (Å²) in [6, 6.07) is 0. The smallest absolute Gasteiger partial charge is 0.188 e. The molecule has 0 saturated carbocycles. The van der Waals surface area contributed by atoms with E-state index in [9.17, 15) is 0 Å². The number of unbranched alkanes of at least 4 members (excludes halogenated alkanes) is 4. The van der Waals surface area contributed by atoms with Crippen LogP contribution in [0.25, 0.3) is 0 Å². The molecule has 2 N–H and O–H groups in total. The van der Waals surface area contributed by atoms with Gasteiger partial charge in [-0.3, -0.25) is 0 Å². The van der Waals surface area contributed by atoms with E-state index >= 15 is 0 Å². The molecule has 5 heteroatoms. The van der Waals surface area contributed by atoms with Crippen molar-refractivity contribution in [2.45, 2.75) is 45.6 Å². The molecule has 1 heterocycles. The van der Waals surface area contributed by atoms with Gasteiger partial charge in [-0.1, -0.05) is 37.8 Å². The first-order valence-corrected chi connectivity index (χ1v) is 5.36. The maximum atomic E-state index is 3.85. The summed E-state index contributed by atoms with van der Waals surface area (Å²) in [5, 5.41) is 16.9. The van der Waals surface area contributed by atoms with Crippen molar-refractivity contribution in [3.8, 4) is 0 Å². The summed E-state index contributed by atoms with van der Waals surface area (Å²) in [6.07, 6.45) is 6.55. The highest BCUT2D eigenvalue weighted by atomic mass is 15.5. The van der Waals surface area contributed by atoms with Crippen molar-refractivity contribution in [1.82, 2.24) is 25.9 Å². The van der Waals surface area contributed by atoms with Crippen molar-refractivity contribution in [3.63, 3.8) is 0 Å². The molecular weight excluding hydrogens is 178 g/mol. The summed E-state index contributed by atoms with van der Waals surface area (Å²) >= 11 is 0. The Morgan fingerprint density at radius 1 is 1.21 bits per heavy atom. The minimum absolute atomic E-state index is 0.713. The van der Waals surface area contributed by atoms with Crippen molar-refractivity contribution in [2.24, 2.45) is 0 Å². The summed E-state index contributed by atoms with van der Waals surface area (Å²) < 4.78 is 0. The number of aromatic amines is 1. The fourth-order valence-corrected chi connectivity index (χ4v) is 1.31. The third kappa shape index (κ3) is 4.91. The molecule has 0 unspecified atom stereocenters. The number of hydrogen-bond acceptors (Lipinski definition) is 4. The largest absolute Gasteiger partial charge is 0.310 e. The molecule has 0 aliphatic rings. The number of nitrogens with zero attached hydrogens (tertiary/aromatic N) is 3. The van der Waals surface area contributed by atoms with E-state index in [-0.39, 0.29) is 0 Å². The molecule has 0 saturated heterocycles. The average Bonchev–Trinajstić information content (AvgIpc) is 2.69. The Hall–Kier alpha value is -0.970. The predicted molar refractivity (Wildman–Crippen MR) is 54.6 cm³/mol. The van der Waals surface area contributed by atoms with Crippen LogP contribution in [-0.4, -0.2) is 27.2 Å². The van der Waals surface area contributed by atoms with Crippen LogP contribution in [0.1, 0.15) is 44.9 Å². The number of tetrazole rings is 1. The molecule has 0 aromatic carbocycles. The highest BCUT2D eigenvalue weighted by Gasteiger charge is 1.95. The molecule has 0 spiro atoms. The Labute approximate surface area is 84.7 Å². The molecule has 0 aliphatic carbocycles. The van der Waals surface area contributed by atoms with Crippen LogP contribution in [0.5, 0.6) is 0 Å². The van der Waals surface area contributed by atoms with Gasteiger partial charge >= 0.3 is 0 Å². The van der Waals surface area contributed by atoms with Crippen molar-refractivity contribution in [1.29, 1.82) is 0 Å². The van der Waals surface area contributed by atoms with Gasteiger partial charge in [0.15, 0.2) is 5.82 Å². The third-order valence-corrected chi connectivity index (χ3v) is 2.13. The predicted octanol–water partition coefficient (Wildman–Crippen LogP) is 1.26. The molecule has 0 fully saturated rings. The van der Waals surface area contributed by atoms with Crippen LogP contribution in [0.4, 0.5) is 0 Å². The van der Waals surface area contributed by atoms with Crippen LogP contribution in [0, 0.1) is 0 Å². The molecule has 1 aromatic heterocycles. The van der Waals surface area contributed by atoms with Crippen molar-refractivity contribution >= 4 is 0 Å². The van der Waals surface area contributed by atoms with Crippen LogP contribution in [-0.2, 0) is 6.54 Å². The van der Waals surface area contributed by atoms with Gasteiger partial charge in [0.1, 0.15) is 0 Å². The summed E-state index contributed by atoms with van der Waals surface area (Å²) in [7, 11) is 0. The van der Waals surface area contributed by atoms with Crippen LogP contribution in [0.15, 0.2) is 0 Å². The lowest BCUT2D eigenvalue weighted by molar-refractivity contribution is 0.575. The lowest BCUT2D eigenvalue weighted by atomic mass is 10.1. The van der Waals surface area contributed by atoms with Crippen LogP contribution in [0.2, 0.25) is 0 Å². The van der Waals surface area contributed by atoms with E-state index in [2.05, 4.69) is 32.9 Å². The molecule has 5 nitrogen and oxygen atoms in total. The van der Waals surface area contributed by atoms with Crippen LogP contribution in [0.3, 0.4) is 0 Å². The maximum absolute atomic E-state index is 3.85. The minimum Gasteiger partial charge on any atom is -0.310 e. The molecule has 0 aliphatic heterocycles. The molecule has 0 radical (unpaired) electrons. The normalized spacial score (nSPS) is 10.6. The zero-order valence-electron chi connectivity index (χ0n) is 8.79. The van der Waals surface area contributed by atoms with Crippen molar-refractivity contribution in [3.05, 3.63) is 5.82 Å². The van der Waals surface area contributed by atoms with Gasteiger partial charge in [-0.2, -0.15) is 5.21 Å². The van der Waals surface area contributed by atoms with E-state index in [0.29, 0.717) is 6.54 Å². The van der Waals surface area contributed by atoms with E-state index in [4.69, 9.17) is 0 Å². The first-order valence-electron chi connectivity index (χ1n) is 5.36. The topological polar surface area (TPSA) is 66.5 Å². The van der Waals surface area contributed by atoms with E-state index in [0.717, 1.165) is 12.4 Å². The van der Waals surface area contributed by atoms with Crippen LogP contribution < -0.4 is 5.32 Å². The number of aromatic nitrogens is 4. The Balaban J connectivity index is 1.85. The average molecular weight is 197 g/mol. The molecule has 0 atom stereocenters. The van der Waals surface area contributed by atoms with Gasteiger partial charge in [0.05, 0.1) is 6.54 Å². The van der Waals surface area contributed by atoms with E-state index in [1.54, 1.807) is 0 Å². The fraction of sp³-hybridized carbons (Fsp3) is 0.889. The Morgan fingerprint density at radius 3 is 2.79 bits per heavy atom. The second-order valence-corrected chi connectivity index (χ2v) is 3.42. The highest BCUT2D eigenvalue weighted by Crippen LogP contribution is 2.01. The van der Waals surface area contributed by atoms with E-state index in [1.807, 2.05) is 0 Å². The maximum Gasteiger partial charge on any atom is 0.188 e. The second kappa shape index (κ2) is 7.44. The number of hydrogen-bond donors (Lipinski definition) is 2. The van der Waals surface area contributed by atoms with E-state index in [1.165, 1.54) is 32.1 Å². The van der Waals surface area contributed by atoms with Crippen LogP contribution >= 0.6 is 0 Å². The number of nitrogens with one attached hydrogen (secondary N) is 2. The summed E-state index contributed by atoms with van der Waals surface area (Å²) in [5.74, 6) is 0.735. The Morgan fingerprint density at radius 2 is 2.07 bits per heavy atom. The summed E-state index contributed by atoms with van der Waals surface area (Å²) in [6.45, 7) is 3.98. The second-order valence-electron chi connectivity index (χ2n) is 3.42. The zero-order valence-corrected chi connectivity index (χ0v) is 8.79. The third-order valence-electron chi connectivity index (χ3n) is 2.13. The lowest BCUT2D eigenvalue weighted by Crippen LogP contribution is -2.15. The summed E-state index contributed by atoms with van der Waals surface area (Å²) in [4.78, 5) is 0. The molecule has 0 bridgehead atoms. The summed E-state index contributed by atoms with van der Waals surface area (Å²) in [5.41, 5.74) is 0. The van der Waals surface area contributed by atoms with Gasteiger partial charge in [0, 0.05) is 0 Å².